The van der Waals surface area contributed by atoms with Gasteiger partial charge in [-0.15, -0.1) is 0 Å². The number of pyridine rings is 1. The van der Waals surface area contributed by atoms with E-state index < -0.39 is 44.8 Å². The smallest absolute Gasteiger partial charge is 0.320 e. The van der Waals surface area contributed by atoms with Crippen LogP contribution in [0.25, 0.3) is 22.3 Å². The summed E-state index contributed by atoms with van der Waals surface area (Å²) in [5.41, 5.74) is 0.729. The summed E-state index contributed by atoms with van der Waals surface area (Å²) >= 11 is 0. The second kappa shape index (κ2) is 13.2. The van der Waals surface area contributed by atoms with Crippen LogP contribution in [0.4, 0.5) is 4.79 Å². The van der Waals surface area contributed by atoms with Gasteiger partial charge in [-0.25, -0.2) is 18.2 Å². The van der Waals surface area contributed by atoms with Crippen molar-refractivity contribution in [2.45, 2.75) is 74.8 Å². The van der Waals surface area contributed by atoms with Crippen molar-refractivity contribution < 1.29 is 32.3 Å². The molecular formula is C35H41N7O7S. The number of nitrogens with one attached hydrogen (secondary N) is 2. The van der Waals surface area contributed by atoms with Crippen molar-refractivity contribution in [3.8, 4) is 23.0 Å². The van der Waals surface area contributed by atoms with Crippen LogP contribution in [-0.4, -0.2) is 101 Å². The number of ether oxygens (including phenoxy) is 2. The molecular weight excluding hydrogens is 662 g/mol. The second-order valence-electron chi connectivity index (χ2n) is 13.6. The molecule has 14 nitrogen and oxygen atoms in total. The van der Waals surface area contributed by atoms with Gasteiger partial charge in [0.15, 0.2) is 5.82 Å². The second-order valence-corrected chi connectivity index (χ2v) is 15.6. The first-order valence-electron chi connectivity index (χ1n) is 17.0. The molecule has 0 radical (unpaired) electrons. The van der Waals surface area contributed by atoms with Gasteiger partial charge in [-0.05, 0) is 69.7 Å². The molecule has 2 saturated carbocycles. The number of rotatable bonds is 7. The van der Waals surface area contributed by atoms with Crippen molar-refractivity contribution in [1.82, 2.24) is 34.8 Å². The van der Waals surface area contributed by atoms with Crippen LogP contribution in [0, 0.1) is 12.8 Å². The molecule has 50 heavy (non-hydrogen) atoms. The Labute approximate surface area is 290 Å². The number of urea groups is 1. The summed E-state index contributed by atoms with van der Waals surface area (Å²) in [5.74, 6) is -0.307. The van der Waals surface area contributed by atoms with Crippen molar-refractivity contribution in [3.05, 3.63) is 54.4 Å². The number of hydrogen-bond acceptors (Lipinski definition) is 10. The molecule has 4 heterocycles. The van der Waals surface area contributed by atoms with E-state index in [1.807, 2.05) is 31.2 Å². The fraction of sp³-hybridized carbons (Fsp3) is 0.486. The van der Waals surface area contributed by atoms with E-state index in [0.29, 0.717) is 47.7 Å². The molecule has 3 fully saturated rings. The summed E-state index contributed by atoms with van der Waals surface area (Å²) in [6.45, 7) is 2.50. The molecule has 2 aliphatic carbocycles. The predicted molar refractivity (Wildman–Crippen MR) is 184 cm³/mol. The summed E-state index contributed by atoms with van der Waals surface area (Å²) in [7, 11) is -0.546. The first-order valence-corrected chi connectivity index (χ1v) is 18.5. The topological polar surface area (TPSA) is 173 Å². The molecule has 4 aliphatic rings. The number of amides is 4. The standard InChI is InChI=1S/C35H41N7O7S/c1-21-28(48-3)12-11-26-29(21)37-30(22-13-15-36-16-14-22)38-32(26)49-24-18-27-31(43)39-35(33(44)40-50(46,47)25-9-10-25)19-23(35)8-6-4-5-7-17-41(2)34(45)42(27)20-24/h6,8,11-16,23-25,27H,4-5,7,9-10,17-20H2,1-3H3,(H,39,43)(H,40,44)/t23-,24-,27+,35-/m1/s1. The number of benzene rings is 1. The van der Waals surface area contributed by atoms with E-state index in [2.05, 4.69) is 15.0 Å². The van der Waals surface area contributed by atoms with Crippen molar-refractivity contribution in [2.24, 2.45) is 5.92 Å². The van der Waals surface area contributed by atoms with E-state index in [4.69, 9.17) is 19.4 Å². The molecule has 2 aliphatic heterocycles. The van der Waals surface area contributed by atoms with Gasteiger partial charge in [0.05, 0.1) is 29.8 Å². The summed E-state index contributed by atoms with van der Waals surface area (Å²) in [6, 6.07) is 5.91. The van der Waals surface area contributed by atoms with Crippen LogP contribution in [0.3, 0.4) is 0 Å². The lowest BCUT2D eigenvalue weighted by Crippen LogP contribution is -2.57. The minimum Gasteiger partial charge on any atom is -0.496 e. The van der Waals surface area contributed by atoms with Crippen LogP contribution in [-0.2, 0) is 19.6 Å². The maximum atomic E-state index is 14.2. The molecule has 0 spiro atoms. The number of methoxy groups -OCH3 is 1. The highest BCUT2D eigenvalue weighted by molar-refractivity contribution is 7.91. The van der Waals surface area contributed by atoms with Gasteiger partial charge in [-0.1, -0.05) is 12.2 Å². The number of fused-ring (bicyclic) bond motifs is 3. The van der Waals surface area contributed by atoms with Gasteiger partial charge < -0.3 is 24.6 Å². The Morgan fingerprint density at radius 3 is 2.62 bits per heavy atom. The number of carbonyl (C=O) groups excluding carboxylic acids is 3. The highest BCUT2D eigenvalue weighted by atomic mass is 32.2. The Kier molecular flexibility index (Phi) is 8.87. The van der Waals surface area contributed by atoms with Gasteiger partial charge in [-0.2, -0.15) is 4.98 Å². The third-order valence-electron chi connectivity index (χ3n) is 10.1. The number of hydrogen-bond donors (Lipinski definition) is 2. The van der Waals surface area contributed by atoms with Crippen LogP contribution < -0.4 is 19.5 Å². The zero-order valence-corrected chi connectivity index (χ0v) is 29.1. The molecule has 3 aromatic rings. The number of allylic oxidation sites excluding steroid dienone is 1. The summed E-state index contributed by atoms with van der Waals surface area (Å²) in [6.07, 6.45) is 10.2. The lowest BCUT2D eigenvalue weighted by molar-refractivity contribution is -0.131. The van der Waals surface area contributed by atoms with Crippen LogP contribution in [0.1, 0.15) is 50.5 Å². The van der Waals surface area contributed by atoms with Crippen molar-refractivity contribution >= 4 is 38.8 Å². The van der Waals surface area contributed by atoms with Crippen molar-refractivity contribution in [3.63, 3.8) is 0 Å². The van der Waals surface area contributed by atoms with Crippen LogP contribution in [0.15, 0.2) is 48.8 Å². The molecule has 2 N–H and O–H groups in total. The molecule has 264 valence electrons. The van der Waals surface area contributed by atoms with Crippen LogP contribution >= 0.6 is 0 Å². The lowest BCUT2D eigenvalue weighted by atomic mass is 10.1. The first-order chi connectivity index (χ1) is 24.0. The van der Waals surface area contributed by atoms with Crippen LogP contribution in [0.5, 0.6) is 11.6 Å². The summed E-state index contributed by atoms with van der Waals surface area (Å²) in [4.78, 5) is 58.4. The molecule has 1 aromatic carbocycles. The average molecular weight is 704 g/mol. The fourth-order valence-corrected chi connectivity index (χ4v) is 8.24. The van der Waals surface area contributed by atoms with Gasteiger partial charge in [0.2, 0.25) is 21.8 Å². The number of sulfonamides is 1. The zero-order valence-electron chi connectivity index (χ0n) is 28.3. The molecule has 2 aromatic heterocycles. The van der Waals surface area contributed by atoms with E-state index in [-0.39, 0.29) is 31.3 Å². The Hall–Kier alpha value is -4.79. The van der Waals surface area contributed by atoms with Crippen LogP contribution in [0.2, 0.25) is 0 Å². The minimum atomic E-state index is -3.84. The van der Waals surface area contributed by atoms with Gasteiger partial charge in [-0.3, -0.25) is 19.3 Å². The monoisotopic (exact) mass is 703 g/mol. The normalized spacial score (nSPS) is 25.7. The molecule has 4 atom stereocenters. The largest absolute Gasteiger partial charge is 0.496 e. The number of aromatic nitrogens is 3. The van der Waals surface area contributed by atoms with E-state index in [1.54, 1.807) is 43.6 Å². The highest BCUT2D eigenvalue weighted by Gasteiger charge is 2.62. The maximum absolute atomic E-state index is 14.2. The van der Waals surface area contributed by atoms with E-state index in [0.717, 1.165) is 30.4 Å². The Balaban J connectivity index is 1.21. The van der Waals surface area contributed by atoms with Gasteiger partial charge in [0.25, 0.3) is 5.91 Å². The molecule has 7 rings (SSSR count). The number of carbonyl (C=O) groups is 3. The fourth-order valence-electron chi connectivity index (χ4n) is 6.88. The minimum absolute atomic E-state index is 0.0884. The Bertz CT molecular complexity index is 1970. The molecule has 15 heteroatoms. The third-order valence-corrected chi connectivity index (χ3v) is 11.9. The third kappa shape index (κ3) is 6.45. The Morgan fingerprint density at radius 1 is 1.10 bits per heavy atom. The van der Waals surface area contributed by atoms with E-state index >= 15 is 0 Å². The maximum Gasteiger partial charge on any atom is 0.320 e. The number of nitrogens with zero attached hydrogens (tertiary/aromatic N) is 5. The van der Waals surface area contributed by atoms with Gasteiger partial charge in [0, 0.05) is 49.5 Å². The predicted octanol–water partition coefficient (Wildman–Crippen LogP) is 3.11. The van der Waals surface area contributed by atoms with Gasteiger partial charge >= 0.3 is 6.03 Å². The van der Waals surface area contributed by atoms with Gasteiger partial charge in [0.1, 0.15) is 23.4 Å². The lowest BCUT2D eigenvalue weighted by Gasteiger charge is -2.30. The highest BCUT2D eigenvalue weighted by Crippen LogP contribution is 2.46. The van der Waals surface area contributed by atoms with Crippen molar-refractivity contribution in [1.29, 1.82) is 0 Å². The van der Waals surface area contributed by atoms with E-state index in [9.17, 15) is 22.8 Å². The first kappa shape index (κ1) is 33.7. The zero-order chi connectivity index (χ0) is 35.2. The quantitative estimate of drug-likeness (QED) is 0.348. The Morgan fingerprint density at radius 2 is 1.88 bits per heavy atom. The van der Waals surface area contributed by atoms with E-state index in [1.165, 1.54) is 4.90 Å². The average Bonchev–Trinajstić information content (AvgIpc) is 4.03. The molecule has 1 saturated heterocycles. The summed E-state index contributed by atoms with van der Waals surface area (Å²) in [5, 5.41) is 2.94. The molecule has 0 bridgehead atoms. The molecule has 0 unspecified atom stereocenters. The SMILES string of the molecule is COc1ccc2c(O[C@@H]3C[C@H]4C(=O)N[C@]5(C(=O)NS(=O)(=O)C6CC6)C[C@H]5C=CCCCCN(C)C(=O)N4C3)nc(-c3ccncc3)nc2c1C. The molecule has 4 amide bonds. The summed E-state index contributed by atoms with van der Waals surface area (Å²) < 4.78 is 39.8. The van der Waals surface area contributed by atoms with Crippen molar-refractivity contribution in [2.75, 3.05) is 27.2 Å². The number of aryl methyl sites for hydroxylation is 1.